The Balaban J connectivity index is 1.08. The minimum atomic E-state index is -0.924. The number of rotatable bonds is 5. The normalized spacial score (nSPS) is 26.3. The van der Waals surface area contributed by atoms with Crippen LogP contribution in [0.5, 0.6) is 0 Å². The molecule has 36 heavy (non-hydrogen) atoms. The van der Waals surface area contributed by atoms with Crippen molar-refractivity contribution in [3.05, 3.63) is 59.7 Å². The fourth-order valence-electron chi connectivity index (χ4n) is 6.40. The maximum Gasteiger partial charge on any atom is 0.407 e. The maximum absolute atomic E-state index is 13.1. The molecule has 3 fully saturated rings. The number of hydrogen-bond donors (Lipinski definition) is 2. The van der Waals surface area contributed by atoms with Gasteiger partial charge in [-0.05, 0) is 41.0 Å². The number of ether oxygens (including phenoxy) is 1. The number of nitrogens with zero attached hydrogens (tertiary/aromatic N) is 2. The Morgan fingerprint density at radius 3 is 2.11 bits per heavy atom. The van der Waals surface area contributed by atoms with Crippen LogP contribution in [0.3, 0.4) is 0 Å². The smallest absolute Gasteiger partial charge is 0.407 e. The summed E-state index contributed by atoms with van der Waals surface area (Å²) in [7, 11) is 0. The van der Waals surface area contributed by atoms with E-state index in [1.165, 1.54) is 4.90 Å². The van der Waals surface area contributed by atoms with Crippen molar-refractivity contribution in [2.24, 2.45) is 5.92 Å². The highest BCUT2D eigenvalue weighted by Gasteiger charge is 2.53. The number of fused-ring (bicyclic) bond motifs is 5. The molecule has 186 valence electrons. The van der Waals surface area contributed by atoms with E-state index in [0.717, 1.165) is 22.3 Å². The van der Waals surface area contributed by atoms with Gasteiger partial charge in [-0.25, -0.2) is 4.79 Å². The summed E-state index contributed by atoms with van der Waals surface area (Å²) >= 11 is 0. The first-order valence-corrected chi connectivity index (χ1v) is 12.3. The van der Waals surface area contributed by atoms with Gasteiger partial charge in [0.1, 0.15) is 18.7 Å². The molecular formula is C27H27N3O6. The zero-order valence-electron chi connectivity index (χ0n) is 19.6. The summed E-state index contributed by atoms with van der Waals surface area (Å²) < 4.78 is 5.63. The molecule has 4 aliphatic rings. The van der Waals surface area contributed by atoms with E-state index in [1.807, 2.05) is 24.3 Å². The van der Waals surface area contributed by atoms with E-state index >= 15 is 0 Å². The summed E-state index contributed by atoms with van der Waals surface area (Å²) in [5.41, 5.74) is 4.56. The topological polar surface area (TPSA) is 116 Å². The van der Waals surface area contributed by atoms with Crippen LogP contribution >= 0.6 is 0 Å². The molecule has 2 aromatic rings. The second kappa shape index (κ2) is 8.65. The van der Waals surface area contributed by atoms with Gasteiger partial charge in [0.15, 0.2) is 0 Å². The quantitative estimate of drug-likeness (QED) is 0.665. The van der Waals surface area contributed by atoms with Crippen LogP contribution in [0.4, 0.5) is 4.79 Å². The van der Waals surface area contributed by atoms with Crippen molar-refractivity contribution in [2.45, 2.75) is 43.3 Å². The molecule has 2 aromatic carbocycles. The number of alkyl carbamates (subject to hydrolysis) is 1. The molecule has 0 aromatic heterocycles. The van der Waals surface area contributed by atoms with E-state index in [0.29, 0.717) is 12.8 Å². The number of nitrogens with one attached hydrogen (secondary N) is 1. The Morgan fingerprint density at radius 1 is 0.889 bits per heavy atom. The van der Waals surface area contributed by atoms with Gasteiger partial charge in [0.05, 0.1) is 6.04 Å². The van der Waals surface area contributed by atoms with Crippen LogP contribution in [0.2, 0.25) is 0 Å². The summed E-state index contributed by atoms with van der Waals surface area (Å²) in [4.78, 5) is 53.0. The Labute approximate surface area is 208 Å². The third-order valence-corrected chi connectivity index (χ3v) is 7.95. The van der Waals surface area contributed by atoms with E-state index < -0.39 is 24.1 Å². The van der Waals surface area contributed by atoms with Crippen molar-refractivity contribution in [1.29, 1.82) is 0 Å². The molecule has 3 amide bonds. The molecular weight excluding hydrogens is 462 g/mol. The van der Waals surface area contributed by atoms with Crippen LogP contribution in [-0.2, 0) is 19.1 Å². The summed E-state index contributed by atoms with van der Waals surface area (Å²) in [5, 5.41) is 11.9. The lowest BCUT2D eigenvalue weighted by atomic mass is 9.98. The second-order valence-corrected chi connectivity index (χ2v) is 10.1. The number of amides is 3. The highest BCUT2D eigenvalue weighted by atomic mass is 16.5. The lowest BCUT2D eigenvalue weighted by Gasteiger charge is -2.38. The molecule has 9 heteroatoms. The number of carbonyl (C=O) groups is 4. The van der Waals surface area contributed by atoms with Crippen molar-refractivity contribution in [2.75, 3.05) is 19.7 Å². The Kier molecular flexibility index (Phi) is 5.43. The fourth-order valence-corrected chi connectivity index (χ4v) is 6.40. The van der Waals surface area contributed by atoms with Crippen molar-refractivity contribution < 1.29 is 29.0 Å². The monoisotopic (exact) mass is 489 g/mol. The third kappa shape index (κ3) is 3.70. The molecule has 1 aliphatic carbocycles. The van der Waals surface area contributed by atoms with E-state index in [1.54, 1.807) is 4.90 Å². The zero-order valence-corrected chi connectivity index (χ0v) is 19.6. The molecule has 9 nitrogen and oxygen atoms in total. The molecule has 6 rings (SSSR count). The molecule has 0 bridgehead atoms. The Bertz CT molecular complexity index is 1180. The summed E-state index contributed by atoms with van der Waals surface area (Å²) in [6, 6.07) is 14.6. The van der Waals surface area contributed by atoms with Gasteiger partial charge in [0, 0.05) is 25.4 Å². The van der Waals surface area contributed by atoms with Crippen molar-refractivity contribution in [3.8, 4) is 11.1 Å². The summed E-state index contributed by atoms with van der Waals surface area (Å²) in [6.45, 7) is 0.724. The predicted octanol–water partition coefficient (Wildman–Crippen LogP) is 2.20. The average Bonchev–Trinajstić information content (AvgIpc) is 3.55. The zero-order chi connectivity index (χ0) is 25.0. The minimum Gasteiger partial charge on any atom is -0.481 e. The van der Waals surface area contributed by atoms with Gasteiger partial charge < -0.3 is 25.0 Å². The first-order chi connectivity index (χ1) is 17.4. The first-order valence-electron chi connectivity index (χ1n) is 12.3. The van der Waals surface area contributed by atoms with Crippen LogP contribution in [0.15, 0.2) is 48.5 Å². The van der Waals surface area contributed by atoms with Crippen LogP contribution < -0.4 is 5.32 Å². The number of benzene rings is 2. The number of aliphatic carboxylic acids is 1. The van der Waals surface area contributed by atoms with Crippen LogP contribution in [0, 0.1) is 5.92 Å². The van der Waals surface area contributed by atoms with Gasteiger partial charge in [-0.3, -0.25) is 14.4 Å². The first kappa shape index (κ1) is 22.6. The van der Waals surface area contributed by atoms with Gasteiger partial charge in [-0.1, -0.05) is 48.5 Å². The molecule has 0 radical (unpaired) electrons. The third-order valence-electron chi connectivity index (χ3n) is 7.95. The number of piperazine rings is 1. The fraction of sp³-hybridized carbons (Fsp3) is 0.407. The minimum absolute atomic E-state index is 0.0489. The molecule has 3 saturated heterocycles. The molecule has 2 N–H and O–H groups in total. The SMILES string of the molecule is O=C(O)C[C@H]1C[C@H]2C(=O)N3C[C@@H](NC(=O)OCC4c5ccccc5-c5ccccc54)C[C@H]3C(=O)N2C1. The second-order valence-electron chi connectivity index (χ2n) is 10.1. The molecule has 0 unspecified atom stereocenters. The number of carboxylic acids is 1. The van der Waals surface area contributed by atoms with Crippen LogP contribution in [0.25, 0.3) is 11.1 Å². The van der Waals surface area contributed by atoms with E-state index in [4.69, 9.17) is 9.84 Å². The standard InChI is InChI=1S/C27H27N3O6/c31-24(32)10-15-9-22-25(33)30-13-16(11-23(30)26(34)29(22)12-15)28-27(35)36-14-21-19-7-3-1-5-17(19)18-6-2-4-8-20(18)21/h1-8,15-16,21-23H,9-14H2,(H,28,35)(H,31,32)/t15-,16+,22+,23+/m1/s1. The lowest BCUT2D eigenvalue weighted by Crippen LogP contribution is -2.60. The van der Waals surface area contributed by atoms with Gasteiger partial charge in [0.25, 0.3) is 0 Å². The predicted molar refractivity (Wildman–Crippen MR) is 128 cm³/mol. The van der Waals surface area contributed by atoms with E-state index in [-0.39, 0.29) is 55.8 Å². The van der Waals surface area contributed by atoms with Gasteiger partial charge in [0.2, 0.25) is 11.8 Å². The molecule has 0 saturated carbocycles. The summed E-state index contributed by atoms with van der Waals surface area (Å²) in [5.74, 6) is -1.51. The van der Waals surface area contributed by atoms with E-state index in [2.05, 4.69) is 29.6 Å². The van der Waals surface area contributed by atoms with Crippen molar-refractivity contribution >= 4 is 23.9 Å². The Morgan fingerprint density at radius 2 is 1.47 bits per heavy atom. The number of carboxylic acid groups (broad SMARTS) is 1. The van der Waals surface area contributed by atoms with Crippen LogP contribution in [-0.4, -0.2) is 76.6 Å². The largest absolute Gasteiger partial charge is 0.481 e. The molecule has 0 spiro atoms. The highest BCUT2D eigenvalue weighted by molar-refractivity contribution is 5.98. The molecule has 3 aliphatic heterocycles. The van der Waals surface area contributed by atoms with Crippen molar-refractivity contribution in [3.63, 3.8) is 0 Å². The highest BCUT2D eigenvalue weighted by Crippen LogP contribution is 2.44. The summed E-state index contributed by atoms with van der Waals surface area (Å²) in [6.07, 6.45) is 0.0692. The van der Waals surface area contributed by atoms with E-state index in [9.17, 15) is 19.2 Å². The number of carbonyl (C=O) groups excluding carboxylic acids is 3. The van der Waals surface area contributed by atoms with Gasteiger partial charge in [-0.2, -0.15) is 0 Å². The lowest BCUT2D eigenvalue weighted by molar-refractivity contribution is -0.156. The van der Waals surface area contributed by atoms with Crippen LogP contribution in [0.1, 0.15) is 36.3 Å². The molecule has 3 heterocycles. The Hall–Kier alpha value is -3.88. The average molecular weight is 490 g/mol. The van der Waals surface area contributed by atoms with Crippen molar-refractivity contribution in [1.82, 2.24) is 15.1 Å². The van der Waals surface area contributed by atoms with Gasteiger partial charge >= 0.3 is 12.1 Å². The maximum atomic E-state index is 13.1. The van der Waals surface area contributed by atoms with Gasteiger partial charge in [-0.15, -0.1) is 0 Å². The molecule has 4 atom stereocenters. The number of hydrogen-bond acceptors (Lipinski definition) is 5.